The number of hydrogen-bond acceptors (Lipinski definition) is 5. The lowest BCUT2D eigenvalue weighted by Gasteiger charge is -2.26. The van der Waals surface area contributed by atoms with Crippen molar-refractivity contribution >= 4 is 21.4 Å². The van der Waals surface area contributed by atoms with E-state index in [0.29, 0.717) is 10.3 Å². The molecule has 2 heterocycles. The van der Waals surface area contributed by atoms with E-state index in [9.17, 15) is 8.42 Å². The van der Waals surface area contributed by atoms with Crippen molar-refractivity contribution in [1.82, 2.24) is 15.2 Å². The van der Waals surface area contributed by atoms with Crippen LogP contribution in [0.25, 0.3) is 0 Å². The zero-order chi connectivity index (χ0) is 14.7. The van der Waals surface area contributed by atoms with Gasteiger partial charge in [-0.2, -0.15) is 0 Å². The summed E-state index contributed by atoms with van der Waals surface area (Å²) in [5.74, 6) is 0. The molecule has 118 valence electrons. The maximum Gasteiger partial charge on any atom is 0.262 e. The zero-order valence-electron chi connectivity index (χ0n) is 12.2. The molecular formula is C14H23N3O2S2. The van der Waals surface area contributed by atoms with Crippen molar-refractivity contribution in [2.75, 3.05) is 19.6 Å². The molecule has 0 amide bonds. The molecule has 0 atom stereocenters. The van der Waals surface area contributed by atoms with E-state index in [-0.39, 0.29) is 0 Å². The summed E-state index contributed by atoms with van der Waals surface area (Å²) in [6, 6.07) is 4.36. The van der Waals surface area contributed by atoms with Crippen LogP contribution < -0.4 is 10.1 Å². The summed E-state index contributed by atoms with van der Waals surface area (Å²) in [5.41, 5.74) is 0. The minimum Gasteiger partial charge on any atom is -0.314 e. The minimum absolute atomic E-state index is 0.425. The van der Waals surface area contributed by atoms with E-state index in [1.54, 1.807) is 6.07 Å². The molecule has 0 aromatic carbocycles. The van der Waals surface area contributed by atoms with Crippen molar-refractivity contribution < 1.29 is 8.42 Å². The number of nitrogens with zero attached hydrogens (tertiary/aromatic N) is 1. The van der Waals surface area contributed by atoms with Crippen LogP contribution in [0.3, 0.4) is 0 Å². The first kappa shape index (κ1) is 15.4. The Morgan fingerprint density at radius 1 is 1.19 bits per heavy atom. The van der Waals surface area contributed by atoms with Crippen molar-refractivity contribution in [2.45, 2.75) is 48.8 Å². The van der Waals surface area contributed by atoms with Gasteiger partial charge >= 0.3 is 0 Å². The third-order valence-corrected chi connectivity index (χ3v) is 6.90. The molecular weight excluding hydrogens is 306 g/mol. The Morgan fingerprint density at radius 2 is 1.95 bits per heavy atom. The predicted octanol–water partition coefficient (Wildman–Crippen LogP) is 1.72. The average molecular weight is 329 g/mol. The fourth-order valence-corrected chi connectivity index (χ4v) is 4.99. The summed E-state index contributed by atoms with van der Waals surface area (Å²) in [6.07, 6.45) is 6.78. The number of hydrazine groups is 1. The SMILES string of the molecule is O=S(=O)(NN1CCCCC1)c1ccc(CCNC2CC2)s1. The second-order valence-corrected chi connectivity index (χ2v) is 8.90. The van der Waals surface area contributed by atoms with Crippen LogP contribution in [0.4, 0.5) is 0 Å². The normalized spacial score (nSPS) is 20.8. The molecule has 21 heavy (non-hydrogen) atoms. The Balaban J connectivity index is 1.55. The van der Waals surface area contributed by atoms with Crippen LogP contribution >= 0.6 is 11.3 Å². The monoisotopic (exact) mass is 329 g/mol. The van der Waals surface area contributed by atoms with Crippen molar-refractivity contribution in [3.05, 3.63) is 17.0 Å². The molecule has 5 nitrogen and oxygen atoms in total. The molecule has 1 saturated carbocycles. The first-order valence-electron chi connectivity index (χ1n) is 7.73. The molecule has 7 heteroatoms. The molecule has 1 aliphatic heterocycles. The van der Waals surface area contributed by atoms with Gasteiger partial charge in [0.1, 0.15) is 4.21 Å². The first-order valence-corrected chi connectivity index (χ1v) is 10.0. The highest BCUT2D eigenvalue weighted by Gasteiger charge is 2.22. The lowest BCUT2D eigenvalue weighted by molar-refractivity contribution is 0.200. The van der Waals surface area contributed by atoms with Gasteiger partial charge in [0.25, 0.3) is 10.0 Å². The van der Waals surface area contributed by atoms with Gasteiger partial charge < -0.3 is 5.32 Å². The highest BCUT2D eigenvalue weighted by molar-refractivity contribution is 7.91. The van der Waals surface area contributed by atoms with Crippen LogP contribution in [0.15, 0.2) is 16.3 Å². The lowest BCUT2D eigenvalue weighted by atomic mass is 10.2. The van der Waals surface area contributed by atoms with Gasteiger partial charge in [-0.1, -0.05) is 6.42 Å². The molecule has 0 spiro atoms. The molecule has 0 bridgehead atoms. The Hall–Kier alpha value is -0.470. The Labute approximate surface area is 130 Å². The van der Waals surface area contributed by atoms with Crippen molar-refractivity contribution in [3.63, 3.8) is 0 Å². The molecule has 1 aromatic heterocycles. The van der Waals surface area contributed by atoms with Gasteiger partial charge in [0.15, 0.2) is 0 Å². The molecule has 0 radical (unpaired) electrons. The number of thiophene rings is 1. The highest BCUT2D eigenvalue weighted by Crippen LogP contribution is 2.23. The summed E-state index contributed by atoms with van der Waals surface area (Å²) in [4.78, 5) is 3.84. The van der Waals surface area contributed by atoms with Crippen molar-refractivity contribution in [2.24, 2.45) is 0 Å². The Bertz CT molecular complexity index is 561. The van der Waals surface area contributed by atoms with Gasteiger partial charge in [-0.05, 0) is 44.2 Å². The topological polar surface area (TPSA) is 61.4 Å². The molecule has 2 N–H and O–H groups in total. The molecule has 2 fully saturated rings. The van der Waals surface area contributed by atoms with E-state index < -0.39 is 10.0 Å². The van der Waals surface area contributed by atoms with E-state index in [1.807, 2.05) is 11.1 Å². The third-order valence-electron chi connectivity index (χ3n) is 3.89. The number of piperidine rings is 1. The van der Waals surface area contributed by atoms with E-state index in [0.717, 1.165) is 43.8 Å². The molecule has 3 rings (SSSR count). The first-order chi connectivity index (χ1) is 10.1. The van der Waals surface area contributed by atoms with E-state index in [1.165, 1.54) is 30.6 Å². The summed E-state index contributed by atoms with van der Waals surface area (Å²) in [6.45, 7) is 2.55. The quantitative estimate of drug-likeness (QED) is 0.800. The molecule has 1 aliphatic carbocycles. The van der Waals surface area contributed by atoms with Crippen LogP contribution in [0, 0.1) is 0 Å². The summed E-state index contributed by atoms with van der Waals surface area (Å²) in [7, 11) is -3.39. The van der Waals surface area contributed by atoms with Crippen LogP contribution in [-0.2, 0) is 16.4 Å². The summed E-state index contributed by atoms with van der Waals surface area (Å²) < 4.78 is 25.1. The van der Waals surface area contributed by atoms with Crippen LogP contribution in [0.5, 0.6) is 0 Å². The van der Waals surface area contributed by atoms with Gasteiger partial charge in [0, 0.05) is 30.6 Å². The van der Waals surface area contributed by atoms with E-state index in [2.05, 4.69) is 10.1 Å². The smallest absolute Gasteiger partial charge is 0.262 e. The van der Waals surface area contributed by atoms with Crippen LogP contribution in [-0.4, -0.2) is 39.1 Å². The third kappa shape index (κ3) is 4.50. The van der Waals surface area contributed by atoms with Crippen LogP contribution in [0.1, 0.15) is 37.0 Å². The van der Waals surface area contributed by atoms with Gasteiger partial charge in [0.05, 0.1) is 0 Å². The van der Waals surface area contributed by atoms with Gasteiger partial charge in [0.2, 0.25) is 0 Å². The van der Waals surface area contributed by atoms with Crippen LogP contribution in [0.2, 0.25) is 0 Å². The van der Waals surface area contributed by atoms with Gasteiger partial charge in [-0.3, -0.25) is 0 Å². The molecule has 1 aromatic rings. The number of rotatable bonds is 7. The maximum absolute atomic E-state index is 12.3. The minimum atomic E-state index is -3.39. The zero-order valence-corrected chi connectivity index (χ0v) is 13.8. The summed E-state index contributed by atoms with van der Waals surface area (Å²) in [5, 5.41) is 5.28. The van der Waals surface area contributed by atoms with Gasteiger partial charge in [-0.15, -0.1) is 16.2 Å². The fourth-order valence-electron chi connectivity index (χ4n) is 2.52. The maximum atomic E-state index is 12.3. The number of nitrogens with one attached hydrogen (secondary N) is 2. The van der Waals surface area contributed by atoms with Gasteiger partial charge in [-0.25, -0.2) is 13.4 Å². The number of sulfonamides is 1. The van der Waals surface area contributed by atoms with Crippen molar-refractivity contribution in [1.29, 1.82) is 0 Å². The predicted molar refractivity (Wildman–Crippen MR) is 84.8 cm³/mol. The van der Waals surface area contributed by atoms with E-state index >= 15 is 0 Å². The Kier molecular flexibility index (Phi) is 4.96. The van der Waals surface area contributed by atoms with E-state index in [4.69, 9.17) is 0 Å². The molecule has 0 unspecified atom stereocenters. The lowest BCUT2D eigenvalue weighted by Crippen LogP contribution is -2.44. The Morgan fingerprint density at radius 3 is 2.67 bits per heavy atom. The molecule has 1 saturated heterocycles. The highest BCUT2D eigenvalue weighted by atomic mass is 32.2. The average Bonchev–Trinajstić information content (AvgIpc) is 3.15. The van der Waals surface area contributed by atoms with Crippen molar-refractivity contribution in [3.8, 4) is 0 Å². The molecule has 2 aliphatic rings. The fraction of sp³-hybridized carbons (Fsp3) is 0.714. The second-order valence-electron chi connectivity index (χ2n) is 5.84. The second kappa shape index (κ2) is 6.75. The standard InChI is InChI=1S/C14H23N3O2S2/c18-21(19,16-17-10-2-1-3-11-17)14-7-6-13(20-14)8-9-15-12-4-5-12/h6-7,12,15-16H,1-5,8-11H2. The largest absolute Gasteiger partial charge is 0.314 e. The number of hydrogen-bond donors (Lipinski definition) is 2. The summed E-state index contributed by atoms with van der Waals surface area (Å²) >= 11 is 1.38.